The highest BCUT2D eigenvalue weighted by Crippen LogP contribution is 2.63. The number of hydrogen-bond acceptors (Lipinski definition) is 2. The van der Waals surface area contributed by atoms with Gasteiger partial charge in [-0.3, -0.25) is 0 Å². The number of anilines is 3. The van der Waals surface area contributed by atoms with Crippen LogP contribution in [0.15, 0.2) is 217 Å². The van der Waals surface area contributed by atoms with Gasteiger partial charge in [-0.15, -0.1) is 0 Å². The van der Waals surface area contributed by atoms with E-state index in [1.54, 1.807) is 0 Å². The molecule has 12 rings (SSSR count). The van der Waals surface area contributed by atoms with E-state index in [-0.39, 0.29) is 0 Å². The van der Waals surface area contributed by atoms with E-state index in [0.29, 0.717) is 0 Å². The Morgan fingerprint density at radius 1 is 0.351 bits per heavy atom. The van der Waals surface area contributed by atoms with Gasteiger partial charge in [0.25, 0.3) is 0 Å². The third-order valence-electron chi connectivity index (χ3n) is 12.3. The minimum atomic E-state index is -0.449. The Bertz CT molecular complexity index is 3130. The average Bonchev–Trinajstić information content (AvgIpc) is 3.91. The van der Waals surface area contributed by atoms with Gasteiger partial charge in [-0.25, -0.2) is 0 Å². The molecule has 0 saturated carbocycles. The molecule has 0 radical (unpaired) electrons. The first-order chi connectivity index (χ1) is 28.3. The average molecular weight is 726 g/mol. The molecule has 1 heterocycles. The fraction of sp³-hybridized carbons (Fsp3) is 0.0182. The lowest BCUT2D eigenvalue weighted by atomic mass is 9.70. The van der Waals surface area contributed by atoms with Crippen LogP contribution >= 0.6 is 0 Å². The molecule has 0 aliphatic heterocycles. The third kappa shape index (κ3) is 4.53. The van der Waals surface area contributed by atoms with Gasteiger partial charge in [-0.1, -0.05) is 164 Å². The molecule has 266 valence electrons. The molecule has 57 heavy (non-hydrogen) atoms. The molecule has 0 unspecified atom stereocenters. The number of para-hydroxylation sites is 2. The summed E-state index contributed by atoms with van der Waals surface area (Å²) in [6.07, 6.45) is 0. The number of nitrogens with zero attached hydrogens (tertiary/aromatic N) is 1. The van der Waals surface area contributed by atoms with Crippen LogP contribution in [0.1, 0.15) is 22.3 Å². The minimum absolute atomic E-state index is 0.449. The largest absolute Gasteiger partial charge is 0.456 e. The highest BCUT2D eigenvalue weighted by atomic mass is 16.3. The normalized spacial score (nSPS) is 13.1. The fourth-order valence-corrected chi connectivity index (χ4v) is 10.00. The Labute approximate surface area is 331 Å². The second kappa shape index (κ2) is 12.3. The van der Waals surface area contributed by atoms with E-state index in [2.05, 4.69) is 217 Å². The Kier molecular flexibility index (Phi) is 6.88. The van der Waals surface area contributed by atoms with E-state index in [0.717, 1.165) is 50.1 Å². The van der Waals surface area contributed by atoms with Crippen LogP contribution in [0, 0.1) is 0 Å². The van der Waals surface area contributed by atoms with E-state index in [1.165, 1.54) is 55.6 Å². The van der Waals surface area contributed by atoms with Gasteiger partial charge in [0.2, 0.25) is 0 Å². The van der Waals surface area contributed by atoms with Crippen molar-refractivity contribution in [1.82, 2.24) is 0 Å². The van der Waals surface area contributed by atoms with Crippen LogP contribution in [0.5, 0.6) is 0 Å². The van der Waals surface area contributed by atoms with Crippen LogP contribution in [0.4, 0.5) is 17.1 Å². The van der Waals surface area contributed by atoms with Crippen LogP contribution in [0.25, 0.3) is 66.4 Å². The Balaban J connectivity index is 1.16. The van der Waals surface area contributed by atoms with Gasteiger partial charge >= 0.3 is 0 Å². The first-order valence-electron chi connectivity index (χ1n) is 19.7. The summed E-state index contributed by atoms with van der Waals surface area (Å²) in [5, 5.41) is 2.21. The molecular formula is C55H35NO. The number of furan rings is 1. The zero-order valence-corrected chi connectivity index (χ0v) is 31.1. The number of benzene rings is 9. The molecule has 0 bridgehead atoms. The van der Waals surface area contributed by atoms with E-state index in [1.807, 2.05) is 0 Å². The molecule has 2 nitrogen and oxygen atoms in total. The van der Waals surface area contributed by atoms with Crippen LogP contribution in [0.2, 0.25) is 0 Å². The topological polar surface area (TPSA) is 16.4 Å². The molecule has 2 aliphatic carbocycles. The van der Waals surface area contributed by atoms with Crippen molar-refractivity contribution < 1.29 is 4.42 Å². The molecular weight excluding hydrogens is 691 g/mol. The highest BCUT2D eigenvalue weighted by Gasteiger charge is 2.51. The summed E-state index contributed by atoms with van der Waals surface area (Å²) in [5.41, 5.74) is 19.7. The molecule has 0 saturated heterocycles. The van der Waals surface area contributed by atoms with Gasteiger partial charge in [0.15, 0.2) is 0 Å². The molecule has 10 aromatic rings. The minimum Gasteiger partial charge on any atom is -0.456 e. The molecule has 1 aromatic heterocycles. The molecule has 2 heteroatoms. The van der Waals surface area contributed by atoms with Gasteiger partial charge in [0, 0.05) is 27.7 Å². The first-order valence-corrected chi connectivity index (χ1v) is 19.7. The molecule has 1 spiro atoms. The summed E-state index contributed by atoms with van der Waals surface area (Å²) in [5.74, 6) is 0. The van der Waals surface area contributed by atoms with Gasteiger partial charge < -0.3 is 9.32 Å². The smallest absolute Gasteiger partial charge is 0.136 e. The molecule has 0 N–H and O–H groups in total. The molecule has 0 amide bonds. The SMILES string of the molecule is c1ccc(-c2cccc(-c3c(N(c4ccccc4)c4ccc5c(c4)C4(c6ccccc6-c6ccccc64)c4ccccc4-5)ccc4oc5ccccc5c34)c2)cc1. The predicted molar refractivity (Wildman–Crippen MR) is 236 cm³/mol. The van der Waals surface area contributed by atoms with E-state index in [9.17, 15) is 0 Å². The molecule has 0 fully saturated rings. The van der Waals surface area contributed by atoms with Crippen LogP contribution in [-0.2, 0) is 5.41 Å². The maximum Gasteiger partial charge on any atom is 0.136 e. The summed E-state index contributed by atoms with van der Waals surface area (Å²) in [4.78, 5) is 2.45. The van der Waals surface area contributed by atoms with Gasteiger partial charge in [0.1, 0.15) is 11.2 Å². The maximum absolute atomic E-state index is 6.58. The van der Waals surface area contributed by atoms with Crippen molar-refractivity contribution in [3.05, 3.63) is 235 Å². The van der Waals surface area contributed by atoms with Gasteiger partial charge in [-0.2, -0.15) is 0 Å². The molecule has 2 aliphatic rings. The van der Waals surface area contributed by atoms with E-state index in [4.69, 9.17) is 4.42 Å². The zero-order chi connectivity index (χ0) is 37.5. The predicted octanol–water partition coefficient (Wildman–Crippen LogP) is 14.7. The lowest BCUT2D eigenvalue weighted by molar-refractivity contribution is 0.669. The monoisotopic (exact) mass is 725 g/mol. The van der Waals surface area contributed by atoms with Crippen molar-refractivity contribution in [3.63, 3.8) is 0 Å². The first kappa shape index (κ1) is 31.9. The summed E-state index contributed by atoms with van der Waals surface area (Å²) < 4.78 is 6.58. The lowest BCUT2D eigenvalue weighted by Gasteiger charge is -2.33. The zero-order valence-electron chi connectivity index (χ0n) is 31.1. The standard InChI is InChI=1S/C55H35NO/c1-3-16-36(17-4-1)37-18-15-19-38(34-37)53-50(32-33-52-54(53)45-25-10-14-29-51(45)57-52)56(39-20-5-2-6-21-39)40-30-31-44-43-24-9-13-28-48(43)55(49(44)35-40)46-26-11-7-22-41(46)42-23-8-12-27-47(42)55/h1-35H. The van der Waals surface area contributed by atoms with Gasteiger partial charge in [-0.05, 0) is 110 Å². The van der Waals surface area contributed by atoms with Crippen LogP contribution < -0.4 is 4.90 Å². The number of fused-ring (bicyclic) bond motifs is 13. The van der Waals surface area contributed by atoms with Crippen molar-refractivity contribution in [3.8, 4) is 44.5 Å². The second-order valence-electron chi connectivity index (χ2n) is 15.2. The Morgan fingerprint density at radius 3 is 1.61 bits per heavy atom. The van der Waals surface area contributed by atoms with Crippen molar-refractivity contribution in [1.29, 1.82) is 0 Å². The quantitative estimate of drug-likeness (QED) is 0.176. The van der Waals surface area contributed by atoms with Crippen LogP contribution in [0.3, 0.4) is 0 Å². The summed E-state index contributed by atoms with van der Waals surface area (Å²) >= 11 is 0. The van der Waals surface area contributed by atoms with E-state index < -0.39 is 5.41 Å². The second-order valence-corrected chi connectivity index (χ2v) is 15.2. The fourth-order valence-electron chi connectivity index (χ4n) is 10.00. The van der Waals surface area contributed by atoms with Crippen molar-refractivity contribution in [2.45, 2.75) is 5.41 Å². The number of rotatable bonds is 5. The van der Waals surface area contributed by atoms with Crippen LogP contribution in [-0.4, -0.2) is 0 Å². The highest BCUT2D eigenvalue weighted by molar-refractivity contribution is 6.16. The molecule has 0 atom stereocenters. The van der Waals surface area contributed by atoms with Crippen molar-refractivity contribution in [2.75, 3.05) is 4.90 Å². The molecule has 9 aromatic carbocycles. The maximum atomic E-state index is 6.58. The Morgan fingerprint density at radius 2 is 0.912 bits per heavy atom. The van der Waals surface area contributed by atoms with Crippen molar-refractivity contribution >= 4 is 39.0 Å². The lowest BCUT2D eigenvalue weighted by Crippen LogP contribution is -2.26. The van der Waals surface area contributed by atoms with E-state index >= 15 is 0 Å². The summed E-state index contributed by atoms with van der Waals surface area (Å²) in [7, 11) is 0. The Hall–Kier alpha value is -7.42. The summed E-state index contributed by atoms with van der Waals surface area (Å²) in [6, 6.07) is 77.5. The number of hydrogen-bond donors (Lipinski definition) is 0. The van der Waals surface area contributed by atoms with Crippen molar-refractivity contribution in [2.24, 2.45) is 0 Å². The third-order valence-corrected chi connectivity index (χ3v) is 12.3. The summed E-state index contributed by atoms with van der Waals surface area (Å²) in [6.45, 7) is 0. The van der Waals surface area contributed by atoms with Gasteiger partial charge in [0.05, 0.1) is 11.1 Å².